The van der Waals surface area contributed by atoms with Crippen molar-refractivity contribution in [3.8, 4) is 17.8 Å². The second-order valence-electron chi connectivity index (χ2n) is 6.49. The predicted octanol–water partition coefficient (Wildman–Crippen LogP) is 1.38. The lowest BCUT2D eigenvalue weighted by atomic mass is 10.1. The highest BCUT2D eigenvalue weighted by atomic mass is 16.5. The predicted molar refractivity (Wildman–Crippen MR) is 97.5 cm³/mol. The minimum Gasteiger partial charge on any atom is -0.422 e. The first-order valence-electron chi connectivity index (χ1n) is 8.85. The van der Waals surface area contributed by atoms with Crippen molar-refractivity contribution >= 4 is 16.8 Å². The number of hydrogen-bond donors (Lipinski definition) is 1. The Morgan fingerprint density at radius 2 is 2.32 bits per heavy atom. The summed E-state index contributed by atoms with van der Waals surface area (Å²) in [7, 11) is 0. The summed E-state index contributed by atoms with van der Waals surface area (Å²) in [6.07, 6.45) is 7.85. The van der Waals surface area contributed by atoms with Crippen molar-refractivity contribution in [2.75, 3.05) is 13.1 Å². The monoisotopic (exact) mass is 379 g/mol. The maximum atomic E-state index is 12.1. The molecule has 4 heterocycles. The van der Waals surface area contributed by atoms with E-state index < -0.39 is 0 Å². The van der Waals surface area contributed by atoms with Crippen molar-refractivity contribution in [1.82, 2.24) is 29.6 Å². The Kier molecular flexibility index (Phi) is 4.72. The summed E-state index contributed by atoms with van der Waals surface area (Å²) in [5.74, 6) is 0.259. The van der Waals surface area contributed by atoms with Gasteiger partial charge in [-0.2, -0.15) is 15.3 Å². The quantitative estimate of drug-likeness (QED) is 0.725. The highest BCUT2D eigenvalue weighted by molar-refractivity contribution is 5.78. The fraction of sp³-hybridized carbons (Fsp3) is 0.333. The zero-order chi connectivity index (χ0) is 19.5. The SMILES string of the molecule is N#CCC(=O)N1CCCC(n2cc(Oc3nc4cnccc4c(=O)[nH]3)cn2)C1. The first-order valence-corrected chi connectivity index (χ1v) is 8.85. The van der Waals surface area contributed by atoms with Crippen LogP contribution < -0.4 is 10.3 Å². The van der Waals surface area contributed by atoms with E-state index in [2.05, 4.69) is 20.1 Å². The maximum Gasteiger partial charge on any atom is 0.302 e. The fourth-order valence-corrected chi connectivity index (χ4v) is 3.28. The lowest BCUT2D eigenvalue weighted by Crippen LogP contribution is -2.40. The number of nitrogens with one attached hydrogen (secondary N) is 1. The summed E-state index contributed by atoms with van der Waals surface area (Å²) in [5.41, 5.74) is 0.126. The van der Waals surface area contributed by atoms with E-state index in [1.165, 1.54) is 18.6 Å². The number of ether oxygens (including phenoxy) is 1. The lowest BCUT2D eigenvalue weighted by Gasteiger charge is -2.32. The van der Waals surface area contributed by atoms with Gasteiger partial charge in [-0.15, -0.1) is 0 Å². The Morgan fingerprint density at radius 1 is 1.43 bits per heavy atom. The number of H-pyrrole nitrogens is 1. The van der Waals surface area contributed by atoms with E-state index in [1.54, 1.807) is 21.8 Å². The molecule has 0 spiro atoms. The van der Waals surface area contributed by atoms with Crippen LogP contribution in [0, 0.1) is 11.3 Å². The molecule has 28 heavy (non-hydrogen) atoms. The van der Waals surface area contributed by atoms with Crippen molar-refractivity contribution in [3.63, 3.8) is 0 Å². The minimum atomic E-state index is -0.311. The smallest absolute Gasteiger partial charge is 0.302 e. The number of carbonyl (C=O) groups excluding carboxylic acids is 1. The number of piperidine rings is 1. The van der Waals surface area contributed by atoms with Gasteiger partial charge in [0, 0.05) is 19.3 Å². The number of pyridine rings is 1. The summed E-state index contributed by atoms with van der Waals surface area (Å²) in [6.45, 7) is 1.15. The minimum absolute atomic E-state index is 0.00144. The number of likely N-dealkylation sites (tertiary alicyclic amines) is 1. The van der Waals surface area contributed by atoms with E-state index in [0.717, 1.165) is 12.8 Å². The Hall–Kier alpha value is -3.74. The number of rotatable bonds is 4. The van der Waals surface area contributed by atoms with Gasteiger partial charge in [-0.1, -0.05) is 0 Å². The third kappa shape index (κ3) is 3.55. The van der Waals surface area contributed by atoms with Crippen molar-refractivity contribution < 1.29 is 9.53 Å². The number of nitrogens with zero attached hydrogens (tertiary/aromatic N) is 6. The number of hydrogen-bond acceptors (Lipinski definition) is 7. The average molecular weight is 379 g/mol. The largest absolute Gasteiger partial charge is 0.422 e. The van der Waals surface area contributed by atoms with E-state index in [-0.39, 0.29) is 29.9 Å². The molecule has 1 N–H and O–H groups in total. The zero-order valence-electron chi connectivity index (χ0n) is 14.9. The molecule has 0 radical (unpaired) electrons. The number of nitriles is 1. The molecular formula is C18H17N7O3. The van der Waals surface area contributed by atoms with Gasteiger partial charge in [0.2, 0.25) is 5.91 Å². The summed E-state index contributed by atoms with van der Waals surface area (Å²) in [4.78, 5) is 36.6. The van der Waals surface area contributed by atoms with Gasteiger partial charge in [0.15, 0.2) is 5.75 Å². The van der Waals surface area contributed by atoms with Crippen LogP contribution in [0.4, 0.5) is 0 Å². The molecule has 10 nitrogen and oxygen atoms in total. The average Bonchev–Trinajstić information content (AvgIpc) is 3.17. The summed E-state index contributed by atoms with van der Waals surface area (Å²) in [6, 6.07) is 3.54. The van der Waals surface area contributed by atoms with Crippen molar-refractivity contribution in [2.24, 2.45) is 0 Å². The molecule has 3 aromatic heterocycles. The number of carbonyl (C=O) groups is 1. The molecule has 142 valence electrons. The van der Waals surface area contributed by atoms with E-state index in [1.807, 2.05) is 6.07 Å². The highest BCUT2D eigenvalue weighted by Gasteiger charge is 2.25. The molecule has 1 aliphatic heterocycles. The summed E-state index contributed by atoms with van der Waals surface area (Å²) in [5, 5.41) is 13.5. The van der Waals surface area contributed by atoms with Crippen LogP contribution in [0.15, 0.2) is 35.6 Å². The molecule has 0 bridgehead atoms. The van der Waals surface area contributed by atoms with Gasteiger partial charge in [0.05, 0.1) is 41.6 Å². The third-order valence-electron chi connectivity index (χ3n) is 4.63. The molecule has 0 aromatic carbocycles. The second-order valence-corrected chi connectivity index (χ2v) is 6.49. The zero-order valence-corrected chi connectivity index (χ0v) is 14.9. The Bertz CT molecular complexity index is 1110. The first kappa shape index (κ1) is 17.7. The van der Waals surface area contributed by atoms with Crippen molar-refractivity contribution in [3.05, 3.63) is 41.2 Å². The van der Waals surface area contributed by atoms with Gasteiger partial charge in [-0.05, 0) is 18.9 Å². The molecule has 1 fully saturated rings. The van der Waals surface area contributed by atoms with E-state index in [9.17, 15) is 9.59 Å². The fourth-order valence-electron chi connectivity index (χ4n) is 3.28. The van der Waals surface area contributed by atoms with Crippen LogP contribution in [-0.4, -0.2) is 48.6 Å². The Balaban J connectivity index is 1.50. The van der Waals surface area contributed by atoms with Gasteiger partial charge in [0.1, 0.15) is 6.42 Å². The van der Waals surface area contributed by atoms with Crippen LogP contribution in [0.3, 0.4) is 0 Å². The summed E-state index contributed by atoms with van der Waals surface area (Å²) < 4.78 is 7.39. The van der Waals surface area contributed by atoms with Crippen LogP contribution in [0.25, 0.3) is 10.9 Å². The van der Waals surface area contributed by atoms with Crippen LogP contribution >= 0.6 is 0 Å². The maximum absolute atomic E-state index is 12.1. The van der Waals surface area contributed by atoms with Crippen LogP contribution in [0.1, 0.15) is 25.3 Å². The van der Waals surface area contributed by atoms with Crippen molar-refractivity contribution in [1.29, 1.82) is 5.26 Å². The number of fused-ring (bicyclic) bond motifs is 1. The standard InChI is InChI=1S/C18H17N7O3/c19-5-3-16(26)24-7-1-2-12(10-24)25-11-13(8-21-25)28-18-22-15-9-20-6-4-14(15)17(27)23-18/h4,6,8-9,11-12H,1-3,7,10H2,(H,22,23,27). The van der Waals surface area contributed by atoms with Crippen molar-refractivity contribution in [2.45, 2.75) is 25.3 Å². The van der Waals surface area contributed by atoms with Crippen LogP contribution in [0.5, 0.6) is 11.8 Å². The number of amides is 1. The molecular weight excluding hydrogens is 362 g/mol. The number of aromatic amines is 1. The second kappa shape index (κ2) is 7.48. The molecule has 4 rings (SSSR count). The molecule has 0 aliphatic carbocycles. The lowest BCUT2D eigenvalue weighted by molar-refractivity contribution is -0.131. The molecule has 1 saturated heterocycles. The van der Waals surface area contributed by atoms with Gasteiger partial charge in [-0.3, -0.25) is 24.2 Å². The van der Waals surface area contributed by atoms with Gasteiger partial charge < -0.3 is 9.64 Å². The van der Waals surface area contributed by atoms with Gasteiger partial charge in [-0.25, -0.2) is 0 Å². The highest BCUT2D eigenvalue weighted by Crippen LogP contribution is 2.25. The molecule has 1 aliphatic rings. The Morgan fingerprint density at radius 3 is 3.18 bits per heavy atom. The molecule has 0 saturated carbocycles. The van der Waals surface area contributed by atoms with Crippen LogP contribution in [-0.2, 0) is 4.79 Å². The first-order chi connectivity index (χ1) is 13.6. The molecule has 1 unspecified atom stereocenters. The topological polar surface area (TPSA) is 130 Å². The summed E-state index contributed by atoms with van der Waals surface area (Å²) >= 11 is 0. The van der Waals surface area contributed by atoms with Gasteiger partial charge in [0.25, 0.3) is 5.56 Å². The number of aromatic nitrogens is 5. The van der Waals surface area contributed by atoms with E-state index in [0.29, 0.717) is 29.7 Å². The molecule has 3 aromatic rings. The third-order valence-corrected chi connectivity index (χ3v) is 4.63. The molecule has 1 amide bonds. The Labute approximate surface area is 159 Å². The van der Waals surface area contributed by atoms with Crippen LogP contribution in [0.2, 0.25) is 0 Å². The van der Waals surface area contributed by atoms with Gasteiger partial charge >= 0.3 is 6.01 Å². The molecule has 1 atom stereocenters. The van der Waals surface area contributed by atoms with E-state index in [4.69, 9.17) is 10.00 Å². The normalized spacial score (nSPS) is 16.7. The van der Waals surface area contributed by atoms with E-state index >= 15 is 0 Å². The molecule has 10 heteroatoms.